The number of halogens is 4. The SMILES string of the molecule is O=C(O)CN(Cc1c(Cl)cccc1[N+](=O)[O-])CC(F)(F)F. The van der Waals surface area contributed by atoms with Gasteiger partial charge in [0.15, 0.2) is 0 Å². The smallest absolute Gasteiger partial charge is 0.401 e. The number of hydrogen-bond acceptors (Lipinski definition) is 4. The van der Waals surface area contributed by atoms with Crippen molar-refractivity contribution in [2.45, 2.75) is 12.7 Å². The van der Waals surface area contributed by atoms with Gasteiger partial charge < -0.3 is 5.11 Å². The van der Waals surface area contributed by atoms with E-state index in [-0.39, 0.29) is 10.6 Å². The first kappa shape index (κ1) is 17.2. The molecule has 0 aliphatic carbocycles. The van der Waals surface area contributed by atoms with Gasteiger partial charge in [0.25, 0.3) is 5.69 Å². The van der Waals surface area contributed by atoms with Crippen LogP contribution < -0.4 is 0 Å². The number of alkyl halides is 3. The van der Waals surface area contributed by atoms with Gasteiger partial charge in [-0.2, -0.15) is 13.2 Å². The van der Waals surface area contributed by atoms with Gasteiger partial charge >= 0.3 is 12.1 Å². The number of benzene rings is 1. The highest BCUT2D eigenvalue weighted by Gasteiger charge is 2.32. The summed E-state index contributed by atoms with van der Waals surface area (Å²) in [5, 5.41) is 19.4. The van der Waals surface area contributed by atoms with E-state index in [0.717, 1.165) is 6.07 Å². The van der Waals surface area contributed by atoms with Crippen LogP contribution in [0, 0.1) is 10.1 Å². The van der Waals surface area contributed by atoms with E-state index in [1.807, 2.05) is 0 Å². The Morgan fingerprint density at radius 2 is 2.05 bits per heavy atom. The molecule has 0 aliphatic rings. The van der Waals surface area contributed by atoms with Crippen molar-refractivity contribution in [3.63, 3.8) is 0 Å². The minimum absolute atomic E-state index is 0.0956. The molecular formula is C11H10ClF3N2O4. The molecule has 0 aromatic heterocycles. The molecule has 116 valence electrons. The van der Waals surface area contributed by atoms with Gasteiger partial charge in [-0.25, -0.2) is 0 Å². The van der Waals surface area contributed by atoms with Crippen LogP contribution in [0.3, 0.4) is 0 Å². The van der Waals surface area contributed by atoms with Crippen LogP contribution in [0.5, 0.6) is 0 Å². The van der Waals surface area contributed by atoms with Crippen LogP contribution in [0.25, 0.3) is 0 Å². The zero-order chi connectivity index (χ0) is 16.2. The molecule has 6 nitrogen and oxygen atoms in total. The normalized spacial score (nSPS) is 11.7. The minimum Gasteiger partial charge on any atom is -0.480 e. The summed E-state index contributed by atoms with van der Waals surface area (Å²) in [5.74, 6) is -1.48. The summed E-state index contributed by atoms with van der Waals surface area (Å²) >= 11 is 5.77. The lowest BCUT2D eigenvalue weighted by Gasteiger charge is -2.22. The number of nitro benzene ring substituents is 1. The Bertz CT molecular complexity index is 551. The van der Waals surface area contributed by atoms with Gasteiger partial charge in [0.1, 0.15) is 0 Å². The molecule has 0 bridgehead atoms. The second kappa shape index (κ2) is 6.72. The average Bonchev–Trinajstić information content (AvgIpc) is 2.28. The van der Waals surface area contributed by atoms with Gasteiger partial charge in [-0.15, -0.1) is 0 Å². The summed E-state index contributed by atoms with van der Waals surface area (Å²) in [6.07, 6.45) is -4.63. The van der Waals surface area contributed by atoms with E-state index in [4.69, 9.17) is 16.7 Å². The van der Waals surface area contributed by atoms with Gasteiger partial charge in [0.05, 0.1) is 28.6 Å². The molecular weight excluding hydrogens is 317 g/mol. The third-order valence-corrected chi connectivity index (χ3v) is 2.79. The van der Waals surface area contributed by atoms with Crippen molar-refractivity contribution in [3.8, 4) is 0 Å². The van der Waals surface area contributed by atoms with Crippen LogP contribution in [0.1, 0.15) is 5.56 Å². The Morgan fingerprint density at radius 1 is 1.43 bits per heavy atom. The maximum Gasteiger partial charge on any atom is 0.401 e. The standard InChI is InChI=1S/C11H10ClF3N2O4/c12-8-2-1-3-9(17(20)21)7(8)4-16(5-10(18)19)6-11(13,14)15/h1-3H,4-6H2,(H,18,19). The molecule has 1 N–H and O–H groups in total. The molecule has 0 fully saturated rings. The van der Waals surface area contributed by atoms with Gasteiger partial charge in [0, 0.05) is 12.6 Å². The molecule has 0 unspecified atom stereocenters. The number of carbonyl (C=O) groups is 1. The fourth-order valence-corrected chi connectivity index (χ4v) is 1.94. The number of nitro groups is 1. The first-order chi connectivity index (χ1) is 9.60. The molecule has 1 aromatic rings. The van der Waals surface area contributed by atoms with E-state index in [9.17, 15) is 28.1 Å². The van der Waals surface area contributed by atoms with Crippen molar-refractivity contribution in [1.82, 2.24) is 4.90 Å². The zero-order valence-electron chi connectivity index (χ0n) is 10.4. The fourth-order valence-electron chi connectivity index (χ4n) is 1.71. The molecule has 0 radical (unpaired) electrons. The maximum absolute atomic E-state index is 12.4. The Labute approximate surface area is 121 Å². The summed E-state index contributed by atoms with van der Waals surface area (Å²) in [6, 6.07) is 3.67. The Morgan fingerprint density at radius 3 is 2.52 bits per heavy atom. The topological polar surface area (TPSA) is 83.7 Å². The predicted octanol–water partition coefficient (Wildman–Crippen LogP) is 2.70. The minimum atomic E-state index is -4.63. The van der Waals surface area contributed by atoms with Crippen LogP contribution >= 0.6 is 11.6 Å². The van der Waals surface area contributed by atoms with E-state index in [0.29, 0.717) is 4.90 Å². The van der Waals surface area contributed by atoms with Gasteiger partial charge in [-0.1, -0.05) is 17.7 Å². The lowest BCUT2D eigenvalue weighted by Crippen LogP contribution is -2.37. The maximum atomic E-state index is 12.4. The molecule has 0 aliphatic heterocycles. The van der Waals surface area contributed by atoms with E-state index in [2.05, 4.69) is 0 Å². The summed E-state index contributed by atoms with van der Waals surface area (Å²) in [6.45, 7) is -3.02. The lowest BCUT2D eigenvalue weighted by molar-refractivity contribution is -0.385. The quantitative estimate of drug-likeness (QED) is 0.642. The van der Waals surface area contributed by atoms with Crippen molar-refractivity contribution < 1.29 is 28.0 Å². The zero-order valence-corrected chi connectivity index (χ0v) is 11.2. The van der Waals surface area contributed by atoms with Crippen molar-refractivity contribution in [2.24, 2.45) is 0 Å². The first-order valence-electron chi connectivity index (χ1n) is 5.53. The van der Waals surface area contributed by atoms with E-state index in [1.54, 1.807) is 0 Å². The van der Waals surface area contributed by atoms with Crippen LogP contribution in [0.4, 0.5) is 18.9 Å². The van der Waals surface area contributed by atoms with Crippen molar-refractivity contribution in [1.29, 1.82) is 0 Å². The van der Waals surface area contributed by atoms with E-state index >= 15 is 0 Å². The Hall–Kier alpha value is -1.87. The first-order valence-corrected chi connectivity index (χ1v) is 5.90. The van der Waals surface area contributed by atoms with E-state index in [1.165, 1.54) is 12.1 Å². The second-order valence-electron chi connectivity index (χ2n) is 4.15. The predicted molar refractivity (Wildman–Crippen MR) is 67.1 cm³/mol. The molecule has 0 saturated heterocycles. The van der Waals surface area contributed by atoms with Crippen molar-refractivity contribution >= 4 is 23.3 Å². The highest BCUT2D eigenvalue weighted by atomic mass is 35.5. The van der Waals surface area contributed by atoms with Gasteiger partial charge in [-0.05, 0) is 6.07 Å². The summed E-state index contributed by atoms with van der Waals surface area (Å²) in [5.41, 5.74) is -0.616. The van der Waals surface area contributed by atoms with Crippen LogP contribution in [-0.2, 0) is 11.3 Å². The molecule has 0 heterocycles. The monoisotopic (exact) mass is 326 g/mol. The fraction of sp³-hybridized carbons (Fsp3) is 0.364. The molecule has 21 heavy (non-hydrogen) atoms. The molecule has 0 spiro atoms. The highest BCUT2D eigenvalue weighted by molar-refractivity contribution is 6.31. The average molecular weight is 327 g/mol. The highest BCUT2D eigenvalue weighted by Crippen LogP contribution is 2.28. The van der Waals surface area contributed by atoms with Crippen molar-refractivity contribution in [2.75, 3.05) is 13.1 Å². The van der Waals surface area contributed by atoms with Gasteiger partial charge in [-0.3, -0.25) is 19.8 Å². The Kier molecular flexibility index (Phi) is 5.50. The number of aliphatic carboxylic acids is 1. The third kappa shape index (κ3) is 5.56. The number of nitrogens with zero attached hydrogens (tertiary/aromatic N) is 2. The van der Waals surface area contributed by atoms with Gasteiger partial charge in [0.2, 0.25) is 0 Å². The van der Waals surface area contributed by atoms with Crippen LogP contribution in [0.2, 0.25) is 5.02 Å². The number of rotatable bonds is 6. The van der Waals surface area contributed by atoms with Crippen LogP contribution in [0.15, 0.2) is 18.2 Å². The Balaban J connectivity index is 3.08. The summed E-state index contributed by atoms with van der Waals surface area (Å²) in [4.78, 5) is 21.2. The molecule has 10 heteroatoms. The second-order valence-corrected chi connectivity index (χ2v) is 4.56. The third-order valence-electron chi connectivity index (χ3n) is 2.43. The van der Waals surface area contributed by atoms with Crippen molar-refractivity contribution in [3.05, 3.63) is 38.9 Å². The molecule has 0 saturated carbocycles. The molecule has 1 aromatic carbocycles. The van der Waals surface area contributed by atoms with Crippen LogP contribution in [-0.4, -0.2) is 40.2 Å². The summed E-state index contributed by atoms with van der Waals surface area (Å²) < 4.78 is 37.3. The molecule has 0 amide bonds. The number of carboxylic acids is 1. The number of hydrogen-bond donors (Lipinski definition) is 1. The summed E-state index contributed by atoms with van der Waals surface area (Å²) in [7, 11) is 0. The lowest BCUT2D eigenvalue weighted by atomic mass is 10.1. The largest absolute Gasteiger partial charge is 0.480 e. The number of carboxylic acid groups (broad SMARTS) is 1. The van der Waals surface area contributed by atoms with E-state index < -0.39 is 42.4 Å². The molecule has 0 atom stereocenters. The molecule has 1 rings (SSSR count).